The molecule has 63 heavy (non-hydrogen) atoms. The van der Waals surface area contributed by atoms with Gasteiger partial charge in [0.1, 0.15) is 11.6 Å². The molecule has 16 heteroatoms. The van der Waals surface area contributed by atoms with Gasteiger partial charge in [-0.3, -0.25) is 24.0 Å². The first-order chi connectivity index (χ1) is 29.5. The van der Waals surface area contributed by atoms with E-state index in [1.807, 2.05) is 32.0 Å². The minimum Gasteiger partial charge on any atom is -0.444 e. The van der Waals surface area contributed by atoms with Crippen molar-refractivity contribution in [1.82, 2.24) is 30.7 Å². The molecule has 9 atom stereocenters. The van der Waals surface area contributed by atoms with Gasteiger partial charge in [-0.15, -0.1) is 0 Å². The van der Waals surface area contributed by atoms with Crippen LogP contribution in [0.25, 0.3) is 0 Å². The van der Waals surface area contributed by atoms with E-state index >= 15 is 0 Å². The molecule has 1 saturated heterocycles. The van der Waals surface area contributed by atoms with Crippen LogP contribution in [0.2, 0.25) is 0 Å². The molecular weight excluding hydrogens is 809 g/mol. The summed E-state index contributed by atoms with van der Waals surface area (Å²) in [5, 5.41) is 19.0. The van der Waals surface area contributed by atoms with Gasteiger partial charge in [0, 0.05) is 47.8 Å². The van der Waals surface area contributed by atoms with Gasteiger partial charge in [-0.2, -0.15) is 0 Å². The summed E-state index contributed by atoms with van der Waals surface area (Å²) in [5.41, 5.74) is 0.00429. The fourth-order valence-corrected chi connectivity index (χ4v) is 7.93. The Bertz CT molecular complexity index is 1570. The van der Waals surface area contributed by atoms with Crippen LogP contribution in [0.5, 0.6) is 0 Å². The molecule has 2 rings (SSSR count). The van der Waals surface area contributed by atoms with Crippen molar-refractivity contribution < 1.29 is 48.1 Å². The first kappa shape index (κ1) is 56.7. The van der Waals surface area contributed by atoms with Crippen LogP contribution < -0.4 is 16.0 Å². The Labute approximate surface area is 377 Å². The number of nitrogens with one attached hydrogen (secondary N) is 3. The Kier molecular flexibility index (Phi) is 25.0. The van der Waals surface area contributed by atoms with E-state index in [1.165, 1.54) is 37.5 Å². The Hall–Kier alpha value is -4.28. The molecule has 1 aliphatic rings. The third kappa shape index (κ3) is 18.0. The van der Waals surface area contributed by atoms with E-state index in [1.54, 1.807) is 72.5 Å². The summed E-state index contributed by atoms with van der Waals surface area (Å²) in [5.74, 6) is -2.77. The molecule has 360 valence electrons. The minimum absolute atomic E-state index is 0.0241. The molecule has 1 fully saturated rings. The number of carbonyl (C=O) groups excluding carboxylic acids is 6. The molecule has 0 aromatic heterocycles. The first-order valence-electron chi connectivity index (χ1n) is 22.7. The highest BCUT2D eigenvalue weighted by molar-refractivity contribution is 5.91. The number of aliphatic hydroxyl groups is 1. The van der Waals surface area contributed by atoms with Gasteiger partial charge < -0.3 is 50.0 Å². The van der Waals surface area contributed by atoms with Crippen molar-refractivity contribution in [3.8, 4) is 0 Å². The zero-order chi connectivity index (χ0) is 48.2. The second kappa shape index (κ2) is 27.8. The topological polar surface area (TPSA) is 196 Å². The van der Waals surface area contributed by atoms with E-state index in [4.69, 9.17) is 14.2 Å². The van der Waals surface area contributed by atoms with Crippen LogP contribution in [-0.2, 0) is 38.2 Å². The van der Waals surface area contributed by atoms with Crippen LogP contribution in [0.15, 0.2) is 30.3 Å². The van der Waals surface area contributed by atoms with Gasteiger partial charge in [0.15, 0.2) is 0 Å². The molecule has 1 aromatic rings. The number of hydrogen-bond acceptors (Lipinski definition) is 10. The lowest BCUT2D eigenvalue weighted by molar-refractivity contribution is -0.146. The number of hydrogen-bond donors (Lipinski definition) is 4. The molecule has 0 radical (unpaired) electrons. The first-order valence-corrected chi connectivity index (χ1v) is 22.7. The lowest BCUT2D eigenvalue weighted by Crippen LogP contribution is -2.56. The number of benzene rings is 1. The van der Waals surface area contributed by atoms with E-state index in [2.05, 4.69) is 29.8 Å². The number of alkyl carbamates (subject to hydrolysis) is 1. The van der Waals surface area contributed by atoms with Gasteiger partial charge in [-0.05, 0) is 57.9 Å². The second-order valence-corrected chi connectivity index (χ2v) is 18.1. The average Bonchev–Trinajstić information content (AvgIpc) is 3.71. The Balaban J connectivity index is 0.00000642. The summed E-state index contributed by atoms with van der Waals surface area (Å²) >= 11 is 0. The van der Waals surface area contributed by atoms with Crippen molar-refractivity contribution in [2.45, 2.75) is 163 Å². The molecule has 6 amide bonds. The molecule has 1 heterocycles. The fourth-order valence-electron chi connectivity index (χ4n) is 7.93. The Morgan fingerprint density at radius 2 is 1.48 bits per heavy atom. The van der Waals surface area contributed by atoms with Gasteiger partial charge in [0.05, 0.1) is 55.3 Å². The average molecular weight is 891 g/mol. The molecule has 1 aliphatic heterocycles. The highest BCUT2D eigenvalue weighted by Gasteiger charge is 2.42. The van der Waals surface area contributed by atoms with Crippen molar-refractivity contribution in [2.75, 3.05) is 47.9 Å². The van der Waals surface area contributed by atoms with Gasteiger partial charge in [-0.25, -0.2) is 4.79 Å². The maximum Gasteiger partial charge on any atom is 0.407 e. The van der Waals surface area contributed by atoms with E-state index < -0.39 is 65.9 Å². The van der Waals surface area contributed by atoms with Gasteiger partial charge in [-0.1, -0.05) is 91.6 Å². The zero-order valence-electron chi connectivity index (χ0n) is 41.0. The molecule has 4 N–H and O–H groups in total. The number of likely N-dealkylation sites (tertiary alicyclic amines) is 1. The Morgan fingerprint density at radius 3 is 2.00 bits per heavy atom. The van der Waals surface area contributed by atoms with E-state index in [0.29, 0.717) is 24.9 Å². The van der Waals surface area contributed by atoms with Crippen molar-refractivity contribution in [2.24, 2.45) is 17.8 Å². The van der Waals surface area contributed by atoms with Crippen LogP contribution in [0, 0.1) is 17.8 Å². The zero-order valence-corrected chi connectivity index (χ0v) is 41.0. The lowest BCUT2D eigenvalue weighted by atomic mass is 9.90. The molecule has 0 aliphatic carbocycles. The summed E-state index contributed by atoms with van der Waals surface area (Å²) in [7, 11) is 6.18. The van der Waals surface area contributed by atoms with E-state index in [-0.39, 0.29) is 61.5 Å². The summed E-state index contributed by atoms with van der Waals surface area (Å²) in [6.07, 6.45) is 0.337. The SMILES string of the molecule is CCC.CC[C@H](C)C(C(CC(=O)N1CCCC1C(OC)C(C)C(=O)NC(C)C(O)c1ccccc1)OC)N(C)C(=O)CNC(=O)C(C(C)C)N(C)C(=O)CCNC(=O)OC(C)(C)C. The maximum atomic E-state index is 14.1. The van der Waals surface area contributed by atoms with Gasteiger partial charge in [0.2, 0.25) is 29.5 Å². The van der Waals surface area contributed by atoms with Crippen molar-refractivity contribution in [3.05, 3.63) is 35.9 Å². The quantitative estimate of drug-likeness (QED) is 0.122. The predicted octanol–water partition coefficient (Wildman–Crippen LogP) is 5.08. The highest BCUT2D eigenvalue weighted by Crippen LogP contribution is 2.30. The molecule has 0 spiro atoms. The monoisotopic (exact) mass is 891 g/mol. The minimum atomic E-state index is -0.902. The van der Waals surface area contributed by atoms with Gasteiger partial charge in [0.25, 0.3) is 0 Å². The van der Waals surface area contributed by atoms with Crippen LogP contribution in [0.4, 0.5) is 4.79 Å². The molecule has 16 nitrogen and oxygen atoms in total. The van der Waals surface area contributed by atoms with E-state index in [0.717, 1.165) is 6.42 Å². The van der Waals surface area contributed by atoms with Gasteiger partial charge >= 0.3 is 6.09 Å². The molecule has 0 bridgehead atoms. The number of rotatable bonds is 22. The third-order valence-electron chi connectivity index (χ3n) is 11.4. The van der Waals surface area contributed by atoms with Crippen molar-refractivity contribution >= 4 is 35.6 Å². The molecule has 8 unspecified atom stereocenters. The third-order valence-corrected chi connectivity index (χ3v) is 11.4. The standard InChI is InChI=1S/C44H74N6O10.C3H8/c1-14-28(4)38(49(11)36(53)26-46-42(56)37(27(2)3)48(10)34(51)22-23-45-43(57)60-44(7,8)9)33(58-12)25-35(52)50-24-18-21-32(50)40(59-13)29(5)41(55)47-30(6)39(54)31-19-16-15-17-20-31;1-3-2/h15-17,19-20,27-30,32-33,37-40,54H,14,18,21-26H2,1-13H3,(H,45,57)(H,46,56)(H,47,55);3H2,1-2H3/t28-,29?,30?,32?,33?,37?,38?,39?,40?;/m0./s1. The lowest BCUT2D eigenvalue weighted by Gasteiger charge is -2.39. The number of carbonyl (C=O) groups is 6. The second-order valence-electron chi connectivity index (χ2n) is 18.1. The molecule has 0 saturated carbocycles. The summed E-state index contributed by atoms with van der Waals surface area (Å²) in [6, 6.07) is 6.75. The van der Waals surface area contributed by atoms with Crippen LogP contribution in [0.3, 0.4) is 0 Å². The fraction of sp³-hybridized carbons (Fsp3) is 0.745. The predicted molar refractivity (Wildman–Crippen MR) is 244 cm³/mol. The van der Waals surface area contributed by atoms with Crippen LogP contribution in [0.1, 0.15) is 126 Å². The van der Waals surface area contributed by atoms with Crippen molar-refractivity contribution in [3.63, 3.8) is 0 Å². The number of aliphatic hydroxyl groups excluding tert-OH is 1. The molecular formula is C47H82N6O10. The highest BCUT2D eigenvalue weighted by atomic mass is 16.6. The largest absolute Gasteiger partial charge is 0.444 e. The number of amides is 6. The normalized spacial score (nSPS) is 17.7. The summed E-state index contributed by atoms with van der Waals surface area (Å²) in [6.45, 7) is 20.7. The summed E-state index contributed by atoms with van der Waals surface area (Å²) in [4.78, 5) is 84.5. The maximum absolute atomic E-state index is 14.1. The smallest absolute Gasteiger partial charge is 0.407 e. The number of likely N-dealkylation sites (N-methyl/N-ethyl adjacent to an activating group) is 2. The van der Waals surface area contributed by atoms with E-state index in [9.17, 15) is 33.9 Å². The van der Waals surface area contributed by atoms with Crippen LogP contribution >= 0.6 is 0 Å². The van der Waals surface area contributed by atoms with Crippen LogP contribution in [-0.4, -0.2) is 145 Å². The summed E-state index contributed by atoms with van der Waals surface area (Å²) < 4.78 is 17.1. The van der Waals surface area contributed by atoms with Crippen molar-refractivity contribution in [1.29, 1.82) is 0 Å². The Morgan fingerprint density at radius 1 is 0.873 bits per heavy atom. The number of methoxy groups -OCH3 is 2. The molecule has 1 aromatic carbocycles. The number of nitrogens with zero attached hydrogens (tertiary/aromatic N) is 3. The number of ether oxygens (including phenoxy) is 3.